The van der Waals surface area contributed by atoms with Gasteiger partial charge in [0.05, 0.1) is 0 Å². The van der Waals surface area contributed by atoms with Gasteiger partial charge in [-0.25, -0.2) is 0 Å². The minimum atomic E-state index is 0. The molecule has 0 heterocycles. The predicted octanol–water partition coefficient (Wildman–Crippen LogP) is 7.82. The zero-order valence-corrected chi connectivity index (χ0v) is 15.4. The monoisotopic (exact) mass is 274 g/mol. The van der Waals surface area contributed by atoms with Crippen LogP contribution in [-0.4, -0.2) is 0 Å². The van der Waals surface area contributed by atoms with E-state index < -0.39 is 0 Å². The Morgan fingerprint density at radius 2 is 1.26 bits per heavy atom. The van der Waals surface area contributed by atoms with Crippen molar-refractivity contribution in [3.63, 3.8) is 0 Å². The molecule has 0 aromatic rings. The zero-order chi connectivity index (χ0) is 15.4. The molecule has 2 unspecified atom stereocenters. The van der Waals surface area contributed by atoms with E-state index in [1.54, 1.807) is 0 Å². The second kappa shape index (κ2) is 16.1. The fourth-order valence-corrected chi connectivity index (χ4v) is 2.30. The summed E-state index contributed by atoms with van der Waals surface area (Å²) in [6, 6.07) is 0. The van der Waals surface area contributed by atoms with Crippen LogP contribution in [0.1, 0.15) is 103 Å². The van der Waals surface area contributed by atoms with Crippen molar-refractivity contribution in [2.24, 2.45) is 23.2 Å². The van der Waals surface area contributed by atoms with Crippen molar-refractivity contribution in [2.45, 2.75) is 103 Å². The number of rotatable bonds is 1. The van der Waals surface area contributed by atoms with E-state index in [1.165, 1.54) is 19.3 Å². The molecule has 19 heavy (non-hydrogen) atoms. The summed E-state index contributed by atoms with van der Waals surface area (Å²) in [6.07, 6.45) is 4.33. The van der Waals surface area contributed by atoms with E-state index in [9.17, 15) is 0 Å². The molecule has 0 spiro atoms. The molecule has 1 aliphatic carbocycles. The van der Waals surface area contributed by atoms with Gasteiger partial charge < -0.3 is 0 Å². The van der Waals surface area contributed by atoms with Crippen LogP contribution in [0.4, 0.5) is 0 Å². The Morgan fingerprint density at radius 3 is 1.53 bits per heavy atom. The van der Waals surface area contributed by atoms with Gasteiger partial charge in [-0.05, 0) is 42.4 Å². The second-order valence-corrected chi connectivity index (χ2v) is 5.67. The summed E-state index contributed by atoms with van der Waals surface area (Å²) in [5.74, 6) is 2.80. The maximum atomic E-state index is 2.43. The highest BCUT2D eigenvalue weighted by Gasteiger charge is 2.34. The molecule has 0 aliphatic heterocycles. The summed E-state index contributed by atoms with van der Waals surface area (Å²) in [6.45, 7) is 24.0. The smallest absolute Gasteiger partial charge is 0.0328 e. The first kappa shape index (κ1) is 27.4. The topological polar surface area (TPSA) is 0 Å². The van der Waals surface area contributed by atoms with Crippen LogP contribution in [0, 0.1) is 23.2 Å². The zero-order valence-electron chi connectivity index (χ0n) is 15.4. The lowest BCUT2D eigenvalue weighted by atomic mass is 9.64. The number of hydrogen-bond acceptors (Lipinski definition) is 0. The molecule has 122 valence electrons. The normalized spacial score (nSPS) is 23.4. The molecule has 1 aliphatic rings. The molecule has 0 bridgehead atoms. The Bertz CT molecular complexity index is 144. The van der Waals surface area contributed by atoms with Gasteiger partial charge in [0.15, 0.2) is 0 Å². The predicted molar refractivity (Wildman–Crippen MR) is 95.9 cm³/mol. The fourth-order valence-electron chi connectivity index (χ4n) is 2.30. The van der Waals surface area contributed by atoms with Crippen LogP contribution in [0.5, 0.6) is 0 Å². The Labute approximate surface area is 126 Å². The quantitative estimate of drug-likeness (QED) is 0.457. The first-order valence-corrected chi connectivity index (χ1v) is 8.43. The van der Waals surface area contributed by atoms with Gasteiger partial charge >= 0.3 is 0 Å². The first-order valence-electron chi connectivity index (χ1n) is 8.43. The summed E-state index contributed by atoms with van der Waals surface area (Å²) in [5, 5.41) is 0. The lowest BCUT2D eigenvalue weighted by Crippen LogP contribution is -2.31. The molecule has 0 heteroatoms. The number of hydrogen-bond donors (Lipinski definition) is 0. The van der Waals surface area contributed by atoms with E-state index in [2.05, 4.69) is 34.6 Å². The van der Waals surface area contributed by atoms with Crippen LogP contribution < -0.4 is 0 Å². The maximum absolute atomic E-state index is 2.43. The molecule has 0 N–H and O–H groups in total. The summed E-state index contributed by atoms with van der Waals surface area (Å²) in [7, 11) is 0. The van der Waals surface area contributed by atoms with Gasteiger partial charge in [0.1, 0.15) is 0 Å². The van der Waals surface area contributed by atoms with E-state index in [1.807, 2.05) is 41.5 Å². The average molecular weight is 275 g/mol. The molecule has 2 atom stereocenters. The summed E-state index contributed by atoms with van der Waals surface area (Å²) >= 11 is 0. The Hall–Kier alpha value is 0. The highest BCUT2D eigenvalue weighted by Crippen LogP contribution is 2.44. The lowest BCUT2D eigenvalue weighted by Gasteiger charge is -2.41. The van der Waals surface area contributed by atoms with E-state index in [-0.39, 0.29) is 7.43 Å². The molecule has 0 aromatic heterocycles. The van der Waals surface area contributed by atoms with Crippen molar-refractivity contribution in [2.75, 3.05) is 0 Å². The van der Waals surface area contributed by atoms with E-state index in [0.717, 1.165) is 17.8 Å². The van der Waals surface area contributed by atoms with Gasteiger partial charge in [0.25, 0.3) is 0 Å². The van der Waals surface area contributed by atoms with Gasteiger partial charge in [-0.2, -0.15) is 0 Å². The van der Waals surface area contributed by atoms with Crippen molar-refractivity contribution >= 4 is 0 Å². The summed E-state index contributed by atoms with van der Waals surface area (Å²) in [4.78, 5) is 0. The average Bonchev–Trinajstić information content (AvgIpc) is 2.39. The maximum Gasteiger partial charge on any atom is -0.0328 e. The van der Waals surface area contributed by atoms with Gasteiger partial charge in [0, 0.05) is 0 Å². The third kappa shape index (κ3) is 11.5. The Morgan fingerprint density at radius 1 is 0.895 bits per heavy atom. The second-order valence-electron chi connectivity index (χ2n) is 5.67. The molecule has 1 rings (SSSR count). The molecule has 1 fully saturated rings. The molecular formula is C19H46. The SMILES string of the molecule is C.CC.CC.CC.CC(C)C1CCC(C)(C)C(C)C1. The lowest BCUT2D eigenvalue weighted by molar-refractivity contribution is 0.0913. The largest absolute Gasteiger partial charge is 0.0776 e. The van der Waals surface area contributed by atoms with Crippen LogP contribution in [0.2, 0.25) is 0 Å². The van der Waals surface area contributed by atoms with Crippen molar-refractivity contribution < 1.29 is 0 Å². The van der Waals surface area contributed by atoms with Gasteiger partial charge in [-0.1, -0.05) is 83.6 Å². The molecule has 1 saturated carbocycles. The standard InChI is InChI=1S/C12H24.3C2H6.CH4/c1-9(2)11-6-7-12(4,5)10(3)8-11;3*1-2;/h9-11H,6-8H2,1-5H3;3*1-2H3;1H4. The Balaban J connectivity index is -0.000000142. The Kier molecular flexibility index (Phi) is 23.1. The van der Waals surface area contributed by atoms with Crippen LogP contribution >= 0.6 is 0 Å². The highest BCUT2D eigenvalue weighted by molar-refractivity contribution is 4.84. The summed E-state index contributed by atoms with van der Waals surface area (Å²) < 4.78 is 0. The van der Waals surface area contributed by atoms with E-state index >= 15 is 0 Å². The van der Waals surface area contributed by atoms with Crippen molar-refractivity contribution in [3.05, 3.63) is 0 Å². The molecule has 0 nitrogen and oxygen atoms in total. The van der Waals surface area contributed by atoms with Gasteiger partial charge in [-0.3, -0.25) is 0 Å². The molecule has 0 saturated heterocycles. The minimum Gasteiger partial charge on any atom is -0.0776 e. The third-order valence-corrected chi connectivity index (χ3v) is 4.09. The van der Waals surface area contributed by atoms with Crippen LogP contribution in [0.15, 0.2) is 0 Å². The first-order chi connectivity index (χ1) is 8.43. The summed E-state index contributed by atoms with van der Waals surface area (Å²) in [5.41, 5.74) is 0.603. The van der Waals surface area contributed by atoms with E-state index in [4.69, 9.17) is 0 Å². The van der Waals surface area contributed by atoms with E-state index in [0.29, 0.717) is 5.41 Å². The van der Waals surface area contributed by atoms with Crippen LogP contribution in [-0.2, 0) is 0 Å². The van der Waals surface area contributed by atoms with Crippen molar-refractivity contribution in [1.29, 1.82) is 0 Å². The van der Waals surface area contributed by atoms with Gasteiger partial charge in [-0.15, -0.1) is 0 Å². The third-order valence-electron chi connectivity index (χ3n) is 4.09. The van der Waals surface area contributed by atoms with Crippen LogP contribution in [0.3, 0.4) is 0 Å². The minimum absolute atomic E-state index is 0. The van der Waals surface area contributed by atoms with Crippen molar-refractivity contribution in [1.82, 2.24) is 0 Å². The molecular weight excluding hydrogens is 228 g/mol. The van der Waals surface area contributed by atoms with Crippen LogP contribution in [0.25, 0.3) is 0 Å². The molecule has 0 amide bonds. The fraction of sp³-hybridized carbons (Fsp3) is 1.00. The van der Waals surface area contributed by atoms with Crippen molar-refractivity contribution in [3.8, 4) is 0 Å². The molecule has 0 radical (unpaired) electrons. The highest BCUT2D eigenvalue weighted by atomic mass is 14.4. The van der Waals surface area contributed by atoms with Gasteiger partial charge in [0.2, 0.25) is 0 Å². The molecule has 0 aromatic carbocycles.